The van der Waals surface area contributed by atoms with Crippen molar-refractivity contribution in [3.8, 4) is 0 Å². The third kappa shape index (κ3) is 11.5. The maximum absolute atomic E-state index is 13.3. The lowest BCUT2D eigenvalue weighted by atomic mass is 9.73. The third-order valence-corrected chi connectivity index (χ3v) is 21.0. The zero-order valence-corrected chi connectivity index (χ0v) is 35.6. The highest BCUT2D eigenvalue weighted by Gasteiger charge is 2.51. The number of aliphatic hydroxyl groups is 1. The first-order valence-corrected chi connectivity index (χ1v) is 24.7. The van der Waals surface area contributed by atoms with Gasteiger partial charge < -0.3 is 28.2 Å². The lowest BCUT2D eigenvalue weighted by Gasteiger charge is -2.50. The minimum atomic E-state index is -2.11. The molecule has 0 aliphatic carbocycles. The largest absolute Gasteiger partial charge is 0.458 e. The summed E-state index contributed by atoms with van der Waals surface area (Å²) in [5, 5.41) is 10.2. The van der Waals surface area contributed by atoms with Gasteiger partial charge in [0.05, 0.1) is 35.9 Å². The number of aliphatic hydroxyl groups excluding tert-OH is 1. The van der Waals surface area contributed by atoms with E-state index >= 15 is 0 Å². The number of hydrogen-bond acceptors (Lipinski definition) is 7. The highest BCUT2D eigenvalue weighted by atomic mass is 28.4. The fraction of sp³-hybridized carbons (Fsp3) is 0.732. The minimum absolute atomic E-state index is 0.00775. The average molecular weight is 731 g/mol. The monoisotopic (exact) mass is 730 g/mol. The first-order valence-electron chi connectivity index (χ1n) is 18.9. The smallest absolute Gasteiger partial charge is 0.331 e. The van der Waals surface area contributed by atoms with E-state index in [1.54, 1.807) is 6.08 Å². The van der Waals surface area contributed by atoms with Crippen LogP contribution in [0.1, 0.15) is 94.4 Å². The van der Waals surface area contributed by atoms with Gasteiger partial charge in [0.15, 0.2) is 16.6 Å². The zero-order valence-electron chi connectivity index (χ0n) is 33.6. The number of ether oxygens (including phenoxy) is 3. The molecule has 1 N–H and O–H groups in total. The van der Waals surface area contributed by atoms with Crippen molar-refractivity contribution < 1.29 is 33.0 Å². The van der Waals surface area contributed by atoms with E-state index in [0.29, 0.717) is 19.4 Å². The Balaban J connectivity index is 1.91. The molecular weight excluding hydrogens is 661 g/mol. The van der Waals surface area contributed by atoms with Crippen LogP contribution < -0.4 is 0 Å². The summed E-state index contributed by atoms with van der Waals surface area (Å²) in [6, 6.07) is 0. The van der Waals surface area contributed by atoms with Crippen molar-refractivity contribution in [3.63, 3.8) is 0 Å². The number of esters is 1. The van der Waals surface area contributed by atoms with Gasteiger partial charge in [-0.15, -0.1) is 0 Å². The molecule has 2 saturated heterocycles. The van der Waals surface area contributed by atoms with Gasteiger partial charge >= 0.3 is 5.97 Å². The van der Waals surface area contributed by atoms with Crippen LogP contribution in [-0.2, 0) is 27.9 Å². The van der Waals surface area contributed by atoms with Crippen LogP contribution in [0, 0.1) is 11.3 Å². The highest BCUT2D eigenvalue weighted by Crippen LogP contribution is 2.45. The molecule has 50 heavy (non-hydrogen) atoms. The van der Waals surface area contributed by atoms with Gasteiger partial charge in [0, 0.05) is 31.6 Å². The summed E-state index contributed by atoms with van der Waals surface area (Å²) >= 11 is 0. The van der Waals surface area contributed by atoms with E-state index in [1.807, 2.05) is 6.08 Å². The van der Waals surface area contributed by atoms with Crippen LogP contribution in [0.2, 0.25) is 36.3 Å². The predicted octanol–water partition coefficient (Wildman–Crippen LogP) is 9.62. The molecule has 3 heterocycles. The molecule has 0 amide bonds. The lowest BCUT2D eigenvalue weighted by Crippen LogP contribution is -2.57. The Morgan fingerprint density at radius 2 is 1.62 bits per heavy atom. The second kappa shape index (κ2) is 17.5. The molecule has 0 spiro atoms. The highest BCUT2D eigenvalue weighted by molar-refractivity contribution is 6.74. The summed E-state index contributed by atoms with van der Waals surface area (Å²) in [5.74, 6) is -0.171. The molecule has 0 saturated carbocycles. The van der Waals surface area contributed by atoms with Gasteiger partial charge in [0.1, 0.15) is 6.10 Å². The predicted molar refractivity (Wildman–Crippen MR) is 210 cm³/mol. The molecule has 284 valence electrons. The Kier molecular flexibility index (Phi) is 15.0. The van der Waals surface area contributed by atoms with E-state index in [-0.39, 0.29) is 53.1 Å². The van der Waals surface area contributed by atoms with E-state index in [1.165, 1.54) is 6.08 Å². The number of hydrogen-bond donors (Lipinski definition) is 1. The van der Waals surface area contributed by atoms with Crippen LogP contribution in [-0.4, -0.2) is 77.5 Å². The molecule has 2 fully saturated rings. The van der Waals surface area contributed by atoms with Crippen molar-refractivity contribution in [2.45, 2.75) is 167 Å². The molecule has 3 aliphatic rings. The Morgan fingerprint density at radius 3 is 2.26 bits per heavy atom. The fourth-order valence-corrected chi connectivity index (χ4v) is 8.84. The number of fused-ring (bicyclic) bond motifs is 4. The van der Waals surface area contributed by atoms with Crippen LogP contribution in [0.25, 0.3) is 0 Å². The van der Waals surface area contributed by atoms with Gasteiger partial charge in [-0.25, -0.2) is 4.79 Å². The van der Waals surface area contributed by atoms with E-state index in [0.717, 1.165) is 24.8 Å². The maximum atomic E-state index is 13.3. The van der Waals surface area contributed by atoms with Crippen molar-refractivity contribution in [2.24, 2.45) is 11.3 Å². The molecule has 3 aliphatic heterocycles. The van der Waals surface area contributed by atoms with Crippen molar-refractivity contribution in [2.75, 3.05) is 13.2 Å². The zero-order chi connectivity index (χ0) is 37.5. The van der Waals surface area contributed by atoms with Crippen LogP contribution in [0.3, 0.4) is 0 Å². The second-order valence-corrected chi connectivity index (χ2v) is 27.7. The van der Waals surface area contributed by atoms with E-state index in [9.17, 15) is 9.90 Å². The Labute approximate surface area is 306 Å². The lowest BCUT2D eigenvalue weighted by molar-refractivity contribution is -0.201. The quantitative estimate of drug-likeness (QED) is 0.159. The molecule has 0 aromatic carbocycles. The third-order valence-electron chi connectivity index (χ3n) is 12.0. The van der Waals surface area contributed by atoms with Crippen LogP contribution in [0.15, 0.2) is 60.3 Å². The Hall–Kier alpha value is -1.60. The van der Waals surface area contributed by atoms with Gasteiger partial charge in [-0.1, -0.05) is 110 Å². The van der Waals surface area contributed by atoms with Gasteiger partial charge in [0.25, 0.3) is 0 Å². The summed E-state index contributed by atoms with van der Waals surface area (Å²) in [4.78, 5) is 13.3. The van der Waals surface area contributed by atoms with Gasteiger partial charge in [-0.3, -0.25) is 0 Å². The first kappa shape index (κ1) is 42.8. The van der Waals surface area contributed by atoms with Crippen molar-refractivity contribution in [1.82, 2.24) is 0 Å². The molecule has 0 radical (unpaired) electrons. The Morgan fingerprint density at radius 1 is 0.940 bits per heavy atom. The van der Waals surface area contributed by atoms with E-state index < -0.39 is 34.1 Å². The summed E-state index contributed by atoms with van der Waals surface area (Å²) in [6.45, 7) is 29.5. The second-order valence-electron chi connectivity index (χ2n) is 18.1. The maximum Gasteiger partial charge on any atom is 0.331 e. The first-order chi connectivity index (χ1) is 23.1. The molecule has 7 nitrogen and oxygen atoms in total. The van der Waals surface area contributed by atoms with E-state index in [2.05, 4.69) is 125 Å². The normalized spacial score (nSPS) is 36.0. The SMILES string of the molecule is CC1=C/[C@@H]2O[C@H](C/C=C/C=C/C(=O)O[C@H]3C[C@H](/C=C/C\C=C\1)O[C@H](CCO)[C@@]3(C)CO[Si](C)(C)C(C)(C)C)C[C@@H](O[Si](C)(C)C(C)(C)C)[C@@H]2C. The van der Waals surface area contributed by atoms with E-state index in [4.69, 9.17) is 23.1 Å². The standard InChI is InChI=1S/C41H70O7Si2/c1-30-20-16-14-17-22-33-28-37(41(9,36(46-33)24-25-42)29-44-49(10,11)39(3,4)5)47-38(43)23-19-15-18-21-32-27-35(31(2)34(26-30)45-32)48-50(12,13)40(6,7)8/h15-20,22-23,26,31-37,42H,14,21,24-25,27-29H2,1-13H3/b18-15+,20-16+,22-17+,23-19+,30-26-/t31-,32-,33+,34+,35-,36-,37+,41-/m1/s1. The van der Waals surface area contributed by atoms with Crippen LogP contribution in [0.5, 0.6) is 0 Å². The summed E-state index contributed by atoms with van der Waals surface area (Å²) in [6.07, 6.45) is 20.2. The van der Waals surface area contributed by atoms with Crippen molar-refractivity contribution in [3.05, 3.63) is 60.3 Å². The molecule has 0 aromatic heterocycles. The number of allylic oxidation sites excluding steroid dienone is 6. The summed E-state index contributed by atoms with van der Waals surface area (Å²) in [7, 11) is -4.09. The molecule has 3 rings (SSSR count). The molecule has 0 aromatic rings. The summed E-state index contributed by atoms with van der Waals surface area (Å²) < 4.78 is 33.3. The number of carbonyl (C=O) groups excluding carboxylic acids is 1. The Bertz CT molecular complexity index is 1270. The molecular formula is C41H70O7Si2. The minimum Gasteiger partial charge on any atom is -0.458 e. The molecule has 9 heteroatoms. The average Bonchev–Trinajstić information content (AvgIpc) is 2.98. The number of carbonyl (C=O) groups is 1. The molecule has 0 unspecified atom stereocenters. The van der Waals surface area contributed by atoms with Crippen molar-refractivity contribution >= 4 is 22.6 Å². The topological polar surface area (TPSA) is 83.5 Å². The van der Waals surface area contributed by atoms with Crippen LogP contribution >= 0.6 is 0 Å². The molecule has 4 bridgehead atoms. The van der Waals surface area contributed by atoms with Crippen molar-refractivity contribution in [1.29, 1.82) is 0 Å². The van der Waals surface area contributed by atoms with Gasteiger partial charge in [-0.2, -0.15) is 0 Å². The number of rotatable bonds is 7. The van der Waals surface area contributed by atoms with Gasteiger partial charge in [-0.05, 0) is 68.9 Å². The molecule has 8 atom stereocenters. The van der Waals surface area contributed by atoms with Gasteiger partial charge in [0.2, 0.25) is 0 Å². The fourth-order valence-electron chi connectivity index (χ4n) is 6.31. The summed E-state index contributed by atoms with van der Waals surface area (Å²) in [5.41, 5.74) is 0.534. The van der Waals surface area contributed by atoms with Crippen LogP contribution in [0.4, 0.5) is 0 Å².